The maximum atomic E-state index is 11.8. The number of anilines is 1. The van der Waals surface area contributed by atoms with Gasteiger partial charge in [-0.2, -0.15) is 13.2 Å². The predicted octanol–water partition coefficient (Wildman–Crippen LogP) is 1.65. The van der Waals surface area contributed by atoms with E-state index in [2.05, 4.69) is 15.5 Å². The van der Waals surface area contributed by atoms with Crippen molar-refractivity contribution in [2.24, 2.45) is 0 Å². The van der Waals surface area contributed by atoms with E-state index in [0.717, 1.165) is 17.8 Å². The third kappa shape index (κ3) is 4.98. The Morgan fingerprint density at radius 2 is 2.12 bits per heavy atom. The molecule has 0 aliphatic carbocycles. The van der Waals surface area contributed by atoms with Crippen LogP contribution < -0.4 is 10.6 Å². The largest absolute Gasteiger partial charge is 0.405 e. The molecule has 0 saturated heterocycles. The zero-order valence-corrected chi connectivity index (χ0v) is 9.78. The van der Waals surface area contributed by atoms with Gasteiger partial charge in [0.1, 0.15) is 6.54 Å². The molecule has 0 radical (unpaired) electrons. The summed E-state index contributed by atoms with van der Waals surface area (Å²) >= 11 is 0.919. The quantitative estimate of drug-likeness (QED) is 0.852. The van der Waals surface area contributed by atoms with E-state index in [1.54, 1.807) is 5.32 Å². The number of nitrogens with one attached hydrogen (secondary N) is 2. The predicted molar refractivity (Wildman–Crippen MR) is 57.1 cm³/mol. The summed E-state index contributed by atoms with van der Waals surface area (Å²) in [6, 6.07) is 0. The van der Waals surface area contributed by atoms with Gasteiger partial charge in [-0.25, -0.2) is 0 Å². The average Bonchev–Trinajstić information content (AvgIpc) is 2.70. The minimum Gasteiger partial charge on any atom is -0.360 e. The fourth-order valence-corrected chi connectivity index (χ4v) is 1.56. The van der Waals surface area contributed by atoms with Crippen molar-refractivity contribution in [3.8, 4) is 0 Å². The first-order valence-corrected chi connectivity index (χ1v) is 5.66. The molecule has 0 aliphatic rings. The zero-order valence-electron chi connectivity index (χ0n) is 8.97. The first kappa shape index (κ1) is 13.7. The van der Waals surface area contributed by atoms with Crippen LogP contribution in [0.2, 0.25) is 0 Å². The molecule has 2 N–H and O–H groups in total. The topological polar surface area (TPSA) is 66.9 Å². The van der Waals surface area contributed by atoms with Crippen LogP contribution in [0.1, 0.15) is 23.1 Å². The monoisotopic (exact) mass is 268 g/mol. The van der Waals surface area contributed by atoms with E-state index in [9.17, 15) is 18.0 Å². The van der Waals surface area contributed by atoms with Gasteiger partial charge in [0.25, 0.3) is 5.91 Å². The van der Waals surface area contributed by atoms with Gasteiger partial charge in [0.2, 0.25) is 10.1 Å². The normalized spacial score (nSPS) is 11.3. The van der Waals surface area contributed by atoms with Gasteiger partial charge >= 0.3 is 6.18 Å². The number of carbonyl (C=O) groups is 1. The Labute approximate surface area is 99.4 Å². The molecule has 1 amide bonds. The number of nitrogens with zero attached hydrogens (tertiary/aromatic N) is 2. The summed E-state index contributed by atoms with van der Waals surface area (Å²) in [7, 11) is 0. The highest BCUT2D eigenvalue weighted by Crippen LogP contribution is 2.16. The third-order valence-corrected chi connectivity index (χ3v) is 2.47. The second-order valence-corrected chi connectivity index (χ2v) is 4.11. The van der Waals surface area contributed by atoms with Crippen molar-refractivity contribution < 1.29 is 18.0 Å². The highest BCUT2D eigenvalue weighted by atomic mass is 32.1. The van der Waals surface area contributed by atoms with Crippen LogP contribution in [0, 0.1) is 0 Å². The Hall–Kier alpha value is -1.38. The molecule has 96 valence electrons. The number of hydrogen-bond acceptors (Lipinski definition) is 5. The molecule has 0 spiro atoms. The molecule has 0 aliphatic heterocycles. The number of alkyl halides is 3. The van der Waals surface area contributed by atoms with Crippen molar-refractivity contribution in [1.29, 1.82) is 0 Å². The fourth-order valence-electron chi connectivity index (χ4n) is 0.874. The van der Waals surface area contributed by atoms with Gasteiger partial charge in [-0.05, 0) is 6.42 Å². The summed E-state index contributed by atoms with van der Waals surface area (Å²) < 4.78 is 35.5. The number of halogens is 3. The number of carbonyl (C=O) groups excluding carboxylic acids is 1. The summed E-state index contributed by atoms with van der Waals surface area (Å²) in [5, 5.41) is 12.1. The fraction of sp³-hybridized carbons (Fsp3) is 0.625. The highest BCUT2D eigenvalue weighted by molar-refractivity contribution is 7.17. The van der Waals surface area contributed by atoms with E-state index < -0.39 is 18.6 Å². The Kier molecular flexibility index (Phi) is 4.67. The van der Waals surface area contributed by atoms with Gasteiger partial charge in [-0.1, -0.05) is 18.3 Å². The smallest absolute Gasteiger partial charge is 0.360 e. The second-order valence-electron chi connectivity index (χ2n) is 3.14. The van der Waals surface area contributed by atoms with Crippen molar-refractivity contribution in [2.45, 2.75) is 19.5 Å². The minimum absolute atomic E-state index is 0.0900. The lowest BCUT2D eigenvalue weighted by molar-refractivity contribution is -0.123. The number of aromatic nitrogens is 2. The molecule has 17 heavy (non-hydrogen) atoms. The van der Waals surface area contributed by atoms with Crippen molar-refractivity contribution in [3.05, 3.63) is 5.01 Å². The summed E-state index contributed by atoms with van der Waals surface area (Å²) in [6.07, 6.45) is -3.56. The van der Waals surface area contributed by atoms with E-state index in [1.807, 2.05) is 6.92 Å². The molecule has 9 heteroatoms. The summed E-state index contributed by atoms with van der Waals surface area (Å²) in [6.45, 7) is 1.24. The zero-order chi connectivity index (χ0) is 12.9. The van der Waals surface area contributed by atoms with Gasteiger partial charge in [0.05, 0.1) is 0 Å². The molecule has 5 nitrogen and oxygen atoms in total. The van der Waals surface area contributed by atoms with Crippen LogP contribution in [-0.4, -0.2) is 35.4 Å². The Bertz CT molecular complexity index is 379. The van der Waals surface area contributed by atoms with E-state index in [4.69, 9.17) is 0 Å². The Morgan fingerprint density at radius 3 is 2.71 bits per heavy atom. The number of hydrogen-bond donors (Lipinski definition) is 2. The van der Waals surface area contributed by atoms with Crippen LogP contribution in [-0.2, 0) is 0 Å². The van der Waals surface area contributed by atoms with Gasteiger partial charge in [-0.3, -0.25) is 4.79 Å². The average molecular weight is 268 g/mol. The molecule has 0 fully saturated rings. The maximum Gasteiger partial charge on any atom is 0.405 e. The first-order valence-electron chi connectivity index (χ1n) is 4.84. The van der Waals surface area contributed by atoms with Crippen molar-refractivity contribution in [1.82, 2.24) is 15.5 Å². The first-order chi connectivity index (χ1) is 7.92. The van der Waals surface area contributed by atoms with Crippen LogP contribution in [0.4, 0.5) is 18.3 Å². The molecule has 1 aromatic rings. The van der Waals surface area contributed by atoms with Crippen LogP contribution in [0.3, 0.4) is 0 Å². The molecule has 0 unspecified atom stereocenters. The van der Waals surface area contributed by atoms with E-state index in [1.165, 1.54) is 0 Å². The van der Waals surface area contributed by atoms with Crippen molar-refractivity contribution >= 4 is 22.4 Å². The molecular formula is C8H11F3N4OS. The van der Waals surface area contributed by atoms with E-state index in [-0.39, 0.29) is 5.01 Å². The Morgan fingerprint density at radius 1 is 1.41 bits per heavy atom. The van der Waals surface area contributed by atoms with Crippen molar-refractivity contribution in [3.63, 3.8) is 0 Å². The molecule has 1 aromatic heterocycles. The Balaban J connectivity index is 2.49. The van der Waals surface area contributed by atoms with Gasteiger partial charge in [-0.15, -0.1) is 10.2 Å². The molecule has 0 atom stereocenters. The molecular weight excluding hydrogens is 257 g/mol. The van der Waals surface area contributed by atoms with Gasteiger partial charge in [0.15, 0.2) is 0 Å². The standard InChI is InChI=1S/C8H11F3N4OS/c1-2-3-12-7-15-14-6(17-7)5(16)13-4-8(9,10)11/h2-4H2,1H3,(H,12,15)(H,13,16). The van der Waals surface area contributed by atoms with E-state index >= 15 is 0 Å². The second kappa shape index (κ2) is 5.80. The van der Waals surface area contributed by atoms with Crippen molar-refractivity contribution in [2.75, 3.05) is 18.4 Å². The van der Waals surface area contributed by atoms with Gasteiger partial charge < -0.3 is 10.6 Å². The summed E-state index contributed by atoms with van der Waals surface area (Å²) in [5.41, 5.74) is 0. The SMILES string of the molecule is CCCNc1nnc(C(=O)NCC(F)(F)F)s1. The molecule has 0 saturated carbocycles. The van der Waals surface area contributed by atoms with Crippen LogP contribution >= 0.6 is 11.3 Å². The van der Waals surface area contributed by atoms with E-state index in [0.29, 0.717) is 11.7 Å². The molecule has 1 rings (SSSR count). The van der Waals surface area contributed by atoms with Crippen LogP contribution in [0.5, 0.6) is 0 Å². The third-order valence-electron chi connectivity index (χ3n) is 1.59. The molecule has 1 heterocycles. The summed E-state index contributed by atoms with van der Waals surface area (Å²) in [5.74, 6) is -0.871. The highest BCUT2D eigenvalue weighted by Gasteiger charge is 2.28. The lowest BCUT2D eigenvalue weighted by Gasteiger charge is -2.05. The summed E-state index contributed by atoms with van der Waals surface area (Å²) in [4.78, 5) is 11.2. The maximum absolute atomic E-state index is 11.8. The lowest BCUT2D eigenvalue weighted by atomic mass is 10.5. The van der Waals surface area contributed by atoms with Gasteiger partial charge in [0, 0.05) is 6.54 Å². The number of rotatable bonds is 5. The molecule has 0 bridgehead atoms. The minimum atomic E-state index is -4.43. The molecule has 0 aromatic carbocycles. The van der Waals surface area contributed by atoms with Crippen LogP contribution in [0.15, 0.2) is 0 Å². The number of amides is 1. The lowest BCUT2D eigenvalue weighted by Crippen LogP contribution is -2.33. The van der Waals surface area contributed by atoms with Crippen LogP contribution in [0.25, 0.3) is 0 Å².